The van der Waals surface area contributed by atoms with Crippen LogP contribution >= 0.6 is 0 Å². The number of aliphatic hydroxyl groups excluding tert-OH is 1. The molecule has 0 aromatic heterocycles. The van der Waals surface area contributed by atoms with Gasteiger partial charge in [0.1, 0.15) is 0 Å². The van der Waals surface area contributed by atoms with E-state index < -0.39 is 12.3 Å². The van der Waals surface area contributed by atoms with Crippen molar-refractivity contribution in [1.82, 2.24) is 0 Å². The van der Waals surface area contributed by atoms with Crippen LogP contribution in [0.3, 0.4) is 0 Å². The molecule has 0 spiro atoms. The van der Waals surface area contributed by atoms with Crippen molar-refractivity contribution in [2.24, 2.45) is 0 Å². The van der Waals surface area contributed by atoms with E-state index in [1.165, 1.54) is 5.56 Å². The molecule has 3 nitrogen and oxygen atoms in total. The van der Waals surface area contributed by atoms with Crippen LogP contribution in [0.4, 0.5) is 0 Å². The number of cyclic esters (lactones) is 1. The van der Waals surface area contributed by atoms with Crippen molar-refractivity contribution in [3.63, 3.8) is 0 Å². The molecule has 86 valence electrons. The van der Waals surface area contributed by atoms with Gasteiger partial charge in [0, 0.05) is 5.56 Å². The lowest BCUT2D eigenvalue weighted by Crippen LogP contribution is -1.95. The predicted octanol–water partition coefficient (Wildman–Crippen LogP) is 2.56. The molecule has 0 aliphatic carbocycles. The van der Waals surface area contributed by atoms with Crippen LogP contribution in [0.1, 0.15) is 34.7 Å². The Hall–Kier alpha value is -1.87. The maximum absolute atomic E-state index is 11.5. The van der Waals surface area contributed by atoms with Crippen molar-refractivity contribution in [3.05, 3.63) is 47.0 Å². The molecule has 1 atom stereocenters. The normalized spacial score (nSPS) is 18.2. The average molecular weight is 228 g/mol. The first-order valence-electron chi connectivity index (χ1n) is 5.64. The standard InChI is InChI=1S/C14H12O3/c1-2-8-3-4-9-6-11-12(7-10(9)5-8)14(16)17-13(11)15/h3-7,13,15H,2H2,1H3. The molecule has 1 aliphatic rings. The summed E-state index contributed by atoms with van der Waals surface area (Å²) in [5.74, 6) is -0.448. The van der Waals surface area contributed by atoms with E-state index in [9.17, 15) is 9.90 Å². The fourth-order valence-electron chi connectivity index (χ4n) is 2.19. The summed E-state index contributed by atoms with van der Waals surface area (Å²) in [5, 5.41) is 11.6. The van der Waals surface area contributed by atoms with Crippen LogP contribution in [0, 0.1) is 0 Å². The van der Waals surface area contributed by atoms with Gasteiger partial charge >= 0.3 is 5.97 Å². The van der Waals surface area contributed by atoms with Crippen LogP contribution in [0.5, 0.6) is 0 Å². The number of esters is 1. The van der Waals surface area contributed by atoms with Gasteiger partial charge < -0.3 is 9.84 Å². The Morgan fingerprint density at radius 1 is 1.24 bits per heavy atom. The number of benzene rings is 2. The van der Waals surface area contributed by atoms with Crippen LogP contribution in [0.15, 0.2) is 30.3 Å². The summed E-state index contributed by atoms with van der Waals surface area (Å²) in [7, 11) is 0. The Kier molecular flexibility index (Phi) is 2.16. The van der Waals surface area contributed by atoms with Gasteiger partial charge in [0.2, 0.25) is 6.29 Å². The number of aliphatic hydroxyl groups is 1. The van der Waals surface area contributed by atoms with Gasteiger partial charge in [-0.3, -0.25) is 0 Å². The van der Waals surface area contributed by atoms with Gasteiger partial charge in [-0.2, -0.15) is 0 Å². The third-order valence-corrected chi connectivity index (χ3v) is 3.19. The Morgan fingerprint density at radius 2 is 2.06 bits per heavy atom. The van der Waals surface area contributed by atoms with Crippen molar-refractivity contribution in [1.29, 1.82) is 0 Å². The first kappa shape index (κ1) is 10.3. The van der Waals surface area contributed by atoms with Crippen molar-refractivity contribution in [2.45, 2.75) is 19.6 Å². The molecular formula is C14H12O3. The van der Waals surface area contributed by atoms with Crippen LogP contribution in [-0.4, -0.2) is 11.1 Å². The summed E-state index contributed by atoms with van der Waals surface area (Å²) in [5.41, 5.74) is 2.26. The number of hydrogen-bond acceptors (Lipinski definition) is 3. The second kappa shape index (κ2) is 3.57. The summed E-state index contributed by atoms with van der Waals surface area (Å²) in [6.07, 6.45) is -0.159. The lowest BCUT2D eigenvalue weighted by atomic mass is 9.99. The molecule has 0 amide bonds. The van der Waals surface area contributed by atoms with E-state index in [1.54, 1.807) is 6.07 Å². The van der Waals surface area contributed by atoms with Gasteiger partial charge in [-0.05, 0) is 34.9 Å². The van der Waals surface area contributed by atoms with Crippen molar-refractivity contribution in [2.75, 3.05) is 0 Å². The summed E-state index contributed by atoms with van der Waals surface area (Å²) in [4.78, 5) is 11.5. The van der Waals surface area contributed by atoms with Crippen molar-refractivity contribution < 1.29 is 14.6 Å². The summed E-state index contributed by atoms with van der Waals surface area (Å²) < 4.78 is 4.78. The maximum Gasteiger partial charge on any atom is 0.341 e. The maximum atomic E-state index is 11.5. The Labute approximate surface area is 98.6 Å². The highest BCUT2D eigenvalue weighted by Gasteiger charge is 2.29. The molecule has 17 heavy (non-hydrogen) atoms. The molecule has 0 bridgehead atoms. The van der Waals surface area contributed by atoms with Gasteiger partial charge in [-0.25, -0.2) is 4.79 Å². The molecule has 1 unspecified atom stereocenters. The van der Waals surface area contributed by atoms with E-state index in [2.05, 4.69) is 19.1 Å². The fourth-order valence-corrected chi connectivity index (χ4v) is 2.19. The van der Waals surface area contributed by atoms with Gasteiger partial charge in [-0.15, -0.1) is 0 Å². The summed E-state index contributed by atoms with van der Waals surface area (Å²) >= 11 is 0. The largest absolute Gasteiger partial charge is 0.428 e. The second-order valence-electron chi connectivity index (χ2n) is 4.23. The van der Waals surface area contributed by atoms with Gasteiger partial charge in [-0.1, -0.05) is 25.1 Å². The number of aryl methyl sites for hydroxylation is 1. The van der Waals surface area contributed by atoms with E-state index in [0.29, 0.717) is 11.1 Å². The van der Waals surface area contributed by atoms with Gasteiger partial charge in [0.25, 0.3) is 0 Å². The predicted molar refractivity (Wildman–Crippen MR) is 63.7 cm³/mol. The Balaban J connectivity index is 2.27. The number of carbonyl (C=O) groups is 1. The lowest BCUT2D eigenvalue weighted by Gasteiger charge is -2.04. The van der Waals surface area contributed by atoms with Crippen LogP contribution in [-0.2, 0) is 11.2 Å². The Morgan fingerprint density at radius 3 is 2.82 bits per heavy atom. The molecule has 0 fully saturated rings. The van der Waals surface area contributed by atoms with E-state index in [1.807, 2.05) is 12.1 Å². The molecule has 2 aromatic rings. The highest BCUT2D eigenvalue weighted by molar-refractivity contribution is 5.99. The van der Waals surface area contributed by atoms with Gasteiger partial charge in [0.15, 0.2) is 0 Å². The lowest BCUT2D eigenvalue weighted by molar-refractivity contribution is -0.0547. The molecule has 3 heteroatoms. The number of rotatable bonds is 1. The highest BCUT2D eigenvalue weighted by Crippen LogP contribution is 2.32. The summed E-state index contributed by atoms with van der Waals surface area (Å²) in [6, 6.07) is 9.73. The van der Waals surface area contributed by atoms with Crippen LogP contribution in [0.25, 0.3) is 10.8 Å². The smallest absolute Gasteiger partial charge is 0.341 e. The molecule has 1 heterocycles. The van der Waals surface area contributed by atoms with Crippen molar-refractivity contribution >= 4 is 16.7 Å². The fraction of sp³-hybridized carbons (Fsp3) is 0.214. The zero-order valence-electron chi connectivity index (χ0n) is 9.43. The third-order valence-electron chi connectivity index (χ3n) is 3.19. The molecule has 0 saturated heterocycles. The van der Waals surface area contributed by atoms with E-state index in [4.69, 9.17) is 4.74 Å². The molecule has 1 aliphatic heterocycles. The topological polar surface area (TPSA) is 46.5 Å². The monoisotopic (exact) mass is 228 g/mol. The minimum atomic E-state index is -1.12. The van der Waals surface area contributed by atoms with E-state index in [-0.39, 0.29) is 0 Å². The first-order chi connectivity index (χ1) is 8.19. The van der Waals surface area contributed by atoms with E-state index >= 15 is 0 Å². The minimum Gasteiger partial charge on any atom is -0.428 e. The number of carbonyl (C=O) groups excluding carboxylic acids is 1. The third kappa shape index (κ3) is 1.51. The highest BCUT2D eigenvalue weighted by atomic mass is 16.6. The van der Waals surface area contributed by atoms with E-state index in [0.717, 1.165) is 17.2 Å². The van der Waals surface area contributed by atoms with Crippen molar-refractivity contribution in [3.8, 4) is 0 Å². The zero-order chi connectivity index (χ0) is 12.0. The van der Waals surface area contributed by atoms with Crippen LogP contribution < -0.4 is 0 Å². The quantitative estimate of drug-likeness (QED) is 0.763. The molecule has 2 aromatic carbocycles. The number of ether oxygens (including phenoxy) is 1. The average Bonchev–Trinajstić information content (AvgIpc) is 2.62. The number of fused-ring (bicyclic) bond motifs is 2. The molecule has 1 N–H and O–H groups in total. The minimum absolute atomic E-state index is 0.448. The van der Waals surface area contributed by atoms with Gasteiger partial charge in [0.05, 0.1) is 5.56 Å². The Bertz CT molecular complexity index is 616. The molecular weight excluding hydrogens is 216 g/mol. The first-order valence-corrected chi connectivity index (χ1v) is 5.64. The SMILES string of the molecule is CCc1ccc2cc3c(cc2c1)C(=O)OC3O. The summed E-state index contributed by atoms with van der Waals surface area (Å²) in [6.45, 7) is 2.09. The molecule has 0 saturated carbocycles. The van der Waals surface area contributed by atoms with Crippen LogP contribution in [0.2, 0.25) is 0 Å². The molecule has 0 radical (unpaired) electrons. The second-order valence-corrected chi connectivity index (χ2v) is 4.23. The number of hydrogen-bond donors (Lipinski definition) is 1. The molecule has 3 rings (SSSR count). The zero-order valence-corrected chi connectivity index (χ0v) is 9.43.